The molecule has 1 radical (unpaired) electrons. The molecule has 10 heavy (non-hydrogen) atoms. The van der Waals surface area contributed by atoms with E-state index in [4.69, 9.17) is 0 Å². The van der Waals surface area contributed by atoms with Gasteiger partial charge in [-0.3, -0.25) is 0 Å². The molecule has 2 heteroatoms. The van der Waals surface area contributed by atoms with Crippen molar-refractivity contribution in [2.24, 2.45) is 0 Å². The summed E-state index contributed by atoms with van der Waals surface area (Å²) in [6.45, 7) is 6.11. The summed E-state index contributed by atoms with van der Waals surface area (Å²) in [5, 5.41) is 0. The van der Waals surface area contributed by atoms with Crippen LogP contribution in [-0.4, -0.2) is 41.0 Å². The highest BCUT2D eigenvalue weighted by Crippen LogP contribution is 2.01. The molecule has 0 aliphatic rings. The van der Waals surface area contributed by atoms with Gasteiger partial charge < -0.3 is 4.48 Å². The van der Waals surface area contributed by atoms with Crippen molar-refractivity contribution in [3.05, 3.63) is 0 Å². The van der Waals surface area contributed by atoms with Crippen LogP contribution in [-0.2, 0) is 0 Å². The second-order valence-corrected chi connectivity index (χ2v) is 7.24. The van der Waals surface area contributed by atoms with Crippen LogP contribution in [0.3, 0.4) is 0 Å². The molecule has 0 N–H and O–H groups in total. The second kappa shape index (κ2) is 4.14. The minimum atomic E-state index is 0.0332. The molecule has 0 aromatic heterocycles. The maximum atomic E-state index is 2.39. The summed E-state index contributed by atoms with van der Waals surface area (Å²) < 4.78 is 1.12. The molecule has 0 fully saturated rings. The van der Waals surface area contributed by atoms with Crippen LogP contribution in [0.4, 0.5) is 0 Å². The Hall–Kier alpha value is 0.177. The summed E-state index contributed by atoms with van der Waals surface area (Å²) in [5.41, 5.74) is 0. The van der Waals surface area contributed by atoms with Crippen molar-refractivity contribution in [2.75, 3.05) is 27.7 Å². The molecule has 0 unspecified atom stereocenters. The van der Waals surface area contributed by atoms with Gasteiger partial charge in [-0.2, -0.15) is 0 Å². The minimum Gasteiger partial charge on any atom is -0.331 e. The van der Waals surface area contributed by atoms with Gasteiger partial charge in [0.05, 0.1) is 27.7 Å². The molecule has 0 rings (SSSR count). The summed E-state index contributed by atoms with van der Waals surface area (Å²) in [4.78, 5) is 0. The molecule has 0 amide bonds. The molecule has 0 spiro atoms. The van der Waals surface area contributed by atoms with Crippen LogP contribution in [0, 0.1) is 0 Å². The Morgan fingerprint density at radius 2 is 1.60 bits per heavy atom. The Kier molecular flexibility index (Phi) is 4.21. The van der Waals surface area contributed by atoms with E-state index >= 15 is 0 Å². The number of quaternary nitrogens is 1. The van der Waals surface area contributed by atoms with E-state index in [0.29, 0.717) is 0 Å². The highest BCUT2D eigenvalue weighted by Gasteiger charge is 2.06. The Labute approximate surface area is 67.2 Å². The summed E-state index contributed by atoms with van der Waals surface area (Å²) >= 11 is 0. The van der Waals surface area contributed by atoms with E-state index in [1.54, 1.807) is 0 Å². The van der Waals surface area contributed by atoms with Crippen molar-refractivity contribution in [1.29, 1.82) is 0 Å². The number of hydrogen-bond acceptors (Lipinski definition) is 0. The summed E-state index contributed by atoms with van der Waals surface area (Å²) in [7, 11) is 6.82. The average molecular weight is 159 g/mol. The van der Waals surface area contributed by atoms with Gasteiger partial charge in [0, 0.05) is 8.80 Å². The molecule has 0 saturated heterocycles. The van der Waals surface area contributed by atoms with Gasteiger partial charge in [-0.05, 0) is 6.42 Å². The monoisotopic (exact) mass is 159 g/mol. The quantitative estimate of drug-likeness (QED) is 0.434. The van der Waals surface area contributed by atoms with E-state index < -0.39 is 0 Å². The molecule has 0 bridgehead atoms. The van der Waals surface area contributed by atoms with Crippen LogP contribution >= 0.6 is 0 Å². The molecule has 61 valence electrons. The molecule has 0 aromatic rings. The highest BCUT2D eigenvalue weighted by molar-refractivity contribution is 6.55. The number of nitrogens with zero attached hydrogens (tertiary/aromatic N) is 1. The first-order chi connectivity index (χ1) is 4.42. The molecule has 0 aliphatic carbocycles. The van der Waals surface area contributed by atoms with Gasteiger partial charge in [0.2, 0.25) is 0 Å². The van der Waals surface area contributed by atoms with Crippen molar-refractivity contribution in [2.45, 2.75) is 25.6 Å². The SMILES string of the molecule is C[Si](C)CCC[N+](C)(C)C. The van der Waals surface area contributed by atoms with E-state index in [-0.39, 0.29) is 8.80 Å². The molecule has 1 nitrogen and oxygen atoms in total. The van der Waals surface area contributed by atoms with Gasteiger partial charge in [-0.25, -0.2) is 0 Å². The third-order valence-electron chi connectivity index (χ3n) is 1.51. The average Bonchev–Trinajstić information content (AvgIpc) is 1.59. The zero-order chi connectivity index (χ0) is 8.20. The van der Waals surface area contributed by atoms with Gasteiger partial charge in [-0.1, -0.05) is 19.1 Å². The van der Waals surface area contributed by atoms with Crippen molar-refractivity contribution in [1.82, 2.24) is 0 Å². The summed E-state index contributed by atoms with van der Waals surface area (Å²) in [6, 6.07) is 1.47. The van der Waals surface area contributed by atoms with Gasteiger partial charge >= 0.3 is 0 Å². The molecule has 0 heterocycles. The van der Waals surface area contributed by atoms with Crippen LogP contribution in [0.2, 0.25) is 19.1 Å². The van der Waals surface area contributed by atoms with Crippen LogP contribution in [0.15, 0.2) is 0 Å². The van der Waals surface area contributed by atoms with Gasteiger partial charge in [0.1, 0.15) is 0 Å². The number of hydrogen-bond donors (Lipinski definition) is 0. The normalized spacial score (nSPS) is 12.6. The lowest BCUT2D eigenvalue weighted by Crippen LogP contribution is -2.35. The van der Waals surface area contributed by atoms with E-state index in [9.17, 15) is 0 Å². The van der Waals surface area contributed by atoms with Crippen molar-refractivity contribution < 1.29 is 4.48 Å². The first-order valence-electron chi connectivity index (χ1n) is 4.01. The lowest BCUT2D eigenvalue weighted by molar-refractivity contribution is -0.870. The molecule has 0 atom stereocenters. The lowest BCUT2D eigenvalue weighted by atomic mass is 10.4. The second-order valence-electron chi connectivity index (χ2n) is 4.32. The van der Waals surface area contributed by atoms with Crippen molar-refractivity contribution in [3.63, 3.8) is 0 Å². The van der Waals surface area contributed by atoms with Crippen LogP contribution in [0.1, 0.15) is 6.42 Å². The molecular formula is C8H21NSi+. The topological polar surface area (TPSA) is 0 Å². The Morgan fingerprint density at radius 1 is 1.10 bits per heavy atom. The standard InChI is InChI=1S/C8H21NSi/c1-9(2,3)7-6-8-10(4)5/h6-8H2,1-5H3/q+1. The fourth-order valence-corrected chi connectivity index (χ4v) is 1.77. The first-order valence-corrected chi connectivity index (χ1v) is 6.72. The fourth-order valence-electron chi connectivity index (χ4n) is 0.907. The number of rotatable bonds is 4. The van der Waals surface area contributed by atoms with E-state index in [0.717, 1.165) is 4.48 Å². The molecule has 0 aliphatic heterocycles. The molecule has 0 aromatic carbocycles. The Bertz CT molecular complexity index is 83.7. The van der Waals surface area contributed by atoms with Crippen molar-refractivity contribution >= 4 is 8.80 Å². The van der Waals surface area contributed by atoms with E-state index in [2.05, 4.69) is 34.2 Å². The van der Waals surface area contributed by atoms with Crippen molar-refractivity contribution in [3.8, 4) is 0 Å². The van der Waals surface area contributed by atoms with E-state index in [1.165, 1.54) is 19.0 Å². The van der Waals surface area contributed by atoms with Gasteiger partial charge in [0.15, 0.2) is 0 Å². The maximum Gasteiger partial charge on any atom is 0.0777 e. The minimum absolute atomic E-state index is 0.0332. The smallest absolute Gasteiger partial charge is 0.0777 e. The van der Waals surface area contributed by atoms with Crippen LogP contribution < -0.4 is 0 Å². The largest absolute Gasteiger partial charge is 0.331 e. The molecule has 0 saturated carbocycles. The summed E-state index contributed by atoms with van der Waals surface area (Å²) in [6.07, 6.45) is 1.41. The molecular weight excluding hydrogens is 138 g/mol. The maximum absolute atomic E-state index is 2.39. The third kappa shape index (κ3) is 8.18. The Morgan fingerprint density at radius 3 is 1.90 bits per heavy atom. The zero-order valence-corrected chi connectivity index (χ0v) is 9.07. The van der Waals surface area contributed by atoms with Gasteiger partial charge in [-0.15, -0.1) is 0 Å². The fraction of sp³-hybridized carbons (Fsp3) is 1.00. The predicted molar refractivity (Wildman–Crippen MR) is 49.8 cm³/mol. The zero-order valence-electron chi connectivity index (χ0n) is 8.07. The van der Waals surface area contributed by atoms with Crippen LogP contribution in [0.25, 0.3) is 0 Å². The first kappa shape index (κ1) is 10.2. The highest BCUT2D eigenvalue weighted by atomic mass is 28.3. The van der Waals surface area contributed by atoms with Crippen LogP contribution in [0.5, 0.6) is 0 Å². The predicted octanol–water partition coefficient (Wildman–Crippen LogP) is 1.84. The van der Waals surface area contributed by atoms with Gasteiger partial charge in [0.25, 0.3) is 0 Å². The Balaban J connectivity index is 3.21. The summed E-state index contributed by atoms with van der Waals surface area (Å²) in [5.74, 6) is 0. The van der Waals surface area contributed by atoms with E-state index in [1.807, 2.05) is 0 Å². The lowest BCUT2D eigenvalue weighted by Gasteiger charge is -2.23. The third-order valence-corrected chi connectivity index (χ3v) is 2.86.